The maximum Gasteiger partial charge on any atom is 0.216 e. The fourth-order valence-corrected chi connectivity index (χ4v) is 3.37. The van der Waals surface area contributed by atoms with Crippen molar-refractivity contribution in [2.75, 3.05) is 26.4 Å². The van der Waals surface area contributed by atoms with Crippen LogP contribution >= 0.6 is 23.2 Å². The largest absolute Gasteiger partial charge is 0.492 e. The zero-order valence-corrected chi connectivity index (χ0v) is 13.0. The number of nitrogens with one attached hydrogen (secondary N) is 1. The van der Waals surface area contributed by atoms with Crippen LogP contribution in [-0.4, -0.2) is 40.0 Å². The summed E-state index contributed by atoms with van der Waals surface area (Å²) in [5, 5.41) is 0.376. The van der Waals surface area contributed by atoms with Crippen molar-refractivity contribution in [1.29, 1.82) is 0 Å². The number of ether oxygens (including phenoxy) is 2. The van der Waals surface area contributed by atoms with E-state index in [0.717, 1.165) is 0 Å². The zero-order valence-electron chi connectivity index (χ0n) is 10.6. The van der Waals surface area contributed by atoms with Crippen molar-refractivity contribution in [2.24, 2.45) is 0 Å². The molecule has 8 heteroatoms. The topological polar surface area (TPSA) is 64.6 Å². The molecule has 1 aromatic carbocycles. The summed E-state index contributed by atoms with van der Waals surface area (Å²) in [6.07, 6.45) is 0.531. The highest BCUT2D eigenvalue weighted by molar-refractivity contribution is 7.90. The second-order valence-corrected chi connectivity index (χ2v) is 7.21. The predicted octanol–water partition coefficient (Wildman–Crippen LogP) is 2.08. The molecule has 0 saturated carbocycles. The highest BCUT2D eigenvalue weighted by Gasteiger charge is 2.28. The smallest absolute Gasteiger partial charge is 0.216 e. The molecule has 20 heavy (non-hydrogen) atoms. The van der Waals surface area contributed by atoms with Gasteiger partial charge >= 0.3 is 0 Å². The van der Waals surface area contributed by atoms with E-state index in [2.05, 4.69) is 4.72 Å². The van der Waals surface area contributed by atoms with Crippen molar-refractivity contribution in [2.45, 2.75) is 11.7 Å². The summed E-state index contributed by atoms with van der Waals surface area (Å²) in [5.41, 5.74) is 0. The first kappa shape index (κ1) is 15.9. The number of hydrogen-bond donors (Lipinski definition) is 1. The van der Waals surface area contributed by atoms with Gasteiger partial charge in [-0.25, -0.2) is 13.1 Å². The molecular weight excluding hydrogens is 325 g/mol. The first-order valence-electron chi connectivity index (χ1n) is 6.13. The average molecular weight is 340 g/mol. The first-order chi connectivity index (χ1) is 9.49. The molecule has 0 spiro atoms. The van der Waals surface area contributed by atoms with Gasteiger partial charge < -0.3 is 9.47 Å². The molecule has 1 fully saturated rings. The van der Waals surface area contributed by atoms with Gasteiger partial charge in [-0.3, -0.25) is 0 Å². The lowest BCUT2D eigenvalue weighted by molar-refractivity contribution is 0.198. The van der Waals surface area contributed by atoms with Gasteiger partial charge in [0.05, 0.1) is 16.7 Å². The van der Waals surface area contributed by atoms with Gasteiger partial charge in [0.15, 0.2) is 0 Å². The standard InChI is InChI=1S/C12H15Cl2NO4S/c13-11-2-1-9(7-12(11)14)19-6-4-15-20(16,17)10-3-5-18-8-10/h1-2,7,10,15H,3-6,8H2. The van der Waals surface area contributed by atoms with E-state index >= 15 is 0 Å². The summed E-state index contributed by atoms with van der Waals surface area (Å²) in [4.78, 5) is 0. The Morgan fingerprint density at radius 2 is 2.15 bits per heavy atom. The number of rotatable bonds is 6. The van der Waals surface area contributed by atoms with Crippen LogP contribution in [0, 0.1) is 0 Å². The molecule has 1 N–H and O–H groups in total. The van der Waals surface area contributed by atoms with Crippen LogP contribution in [0.2, 0.25) is 10.0 Å². The molecule has 1 unspecified atom stereocenters. The van der Waals surface area contributed by atoms with Crippen LogP contribution in [0.25, 0.3) is 0 Å². The van der Waals surface area contributed by atoms with Crippen molar-refractivity contribution in [3.05, 3.63) is 28.2 Å². The third-order valence-electron chi connectivity index (χ3n) is 2.89. The van der Waals surface area contributed by atoms with Crippen LogP contribution in [0.3, 0.4) is 0 Å². The van der Waals surface area contributed by atoms with E-state index in [-0.39, 0.29) is 19.8 Å². The summed E-state index contributed by atoms with van der Waals surface area (Å²) in [6, 6.07) is 4.88. The number of halogens is 2. The predicted molar refractivity (Wildman–Crippen MR) is 78.1 cm³/mol. The lowest BCUT2D eigenvalue weighted by atomic mass is 10.3. The first-order valence-corrected chi connectivity index (χ1v) is 8.43. The van der Waals surface area contributed by atoms with Crippen LogP contribution in [0.4, 0.5) is 0 Å². The Kier molecular flexibility index (Phi) is 5.51. The quantitative estimate of drug-likeness (QED) is 0.806. The van der Waals surface area contributed by atoms with E-state index in [1.165, 1.54) is 0 Å². The van der Waals surface area contributed by atoms with E-state index in [0.29, 0.717) is 28.8 Å². The van der Waals surface area contributed by atoms with E-state index < -0.39 is 15.3 Å². The van der Waals surface area contributed by atoms with Crippen molar-refractivity contribution in [3.63, 3.8) is 0 Å². The number of hydrogen-bond acceptors (Lipinski definition) is 4. The third kappa shape index (κ3) is 4.23. The van der Waals surface area contributed by atoms with E-state index in [1.54, 1.807) is 18.2 Å². The normalized spacial score (nSPS) is 19.2. The lowest BCUT2D eigenvalue weighted by Crippen LogP contribution is -2.36. The van der Waals surface area contributed by atoms with Crippen LogP contribution in [0.1, 0.15) is 6.42 Å². The molecule has 2 rings (SSSR count). The van der Waals surface area contributed by atoms with E-state index in [9.17, 15) is 8.42 Å². The van der Waals surface area contributed by atoms with Crippen LogP contribution < -0.4 is 9.46 Å². The molecule has 0 aromatic heterocycles. The Balaban J connectivity index is 1.77. The molecule has 0 amide bonds. The molecule has 1 atom stereocenters. The van der Waals surface area contributed by atoms with E-state index in [4.69, 9.17) is 32.7 Å². The van der Waals surface area contributed by atoms with Gasteiger partial charge in [-0.05, 0) is 18.6 Å². The minimum absolute atomic E-state index is 0.194. The molecule has 0 radical (unpaired) electrons. The molecule has 1 aromatic rings. The molecule has 1 aliphatic rings. The fraction of sp³-hybridized carbons (Fsp3) is 0.500. The van der Waals surface area contributed by atoms with Crippen molar-refractivity contribution in [3.8, 4) is 5.75 Å². The SMILES string of the molecule is O=S(=O)(NCCOc1ccc(Cl)c(Cl)c1)C1CCOC1. The second-order valence-electron chi connectivity index (χ2n) is 4.35. The van der Waals surface area contributed by atoms with Crippen molar-refractivity contribution >= 4 is 33.2 Å². The second kappa shape index (κ2) is 6.95. The Bertz CT molecular complexity index is 559. The number of sulfonamides is 1. The highest BCUT2D eigenvalue weighted by Crippen LogP contribution is 2.26. The Labute approximate surface area is 128 Å². The van der Waals surface area contributed by atoms with Crippen LogP contribution in [0.5, 0.6) is 5.75 Å². The Morgan fingerprint density at radius 3 is 2.80 bits per heavy atom. The monoisotopic (exact) mass is 339 g/mol. The summed E-state index contributed by atoms with van der Waals surface area (Å²) in [5.74, 6) is 0.544. The van der Waals surface area contributed by atoms with Crippen molar-refractivity contribution < 1.29 is 17.9 Å². The molecule has 1 saturated heterocycles. The molecule has 1 aliphatic heterocycles. The molecule has 112 valence electrons. The summed E-state index contributed by atoms with van der Waals surface area (Å²) >= 11 is 11.6. The minimum Gasteiger partial charge on any atom is -0.492 e. The maximum absolute atomic E-state index is 11.9. The summed E-state index contributed by atoms with van der Waals surface area (Å²) in [7, 11) is -3.33. The number of benzene rings is 1. The Morgan fingerprint density at radius 1 is 1.35 bits per heavy atom. The van der Waals surface area contributed by atoms with Crippen molar-refractivity contribution in [1.82, 2.24) is 4.72 Å². The molecule has 0 bridgehead atoms. The highest BCUT2D eigenvalue weighted by atomic mass is 35.5. The van der Waals surface area contributed by atoms with Crippen LogP contribution in [0.15, 0.2) is 18.2 Å². The van der Waals surface area contributed by atoms with Gasteiger partial charge in [0.2, 0.25) is 10.0 Å². The molecule has 5 nitrogen and oxygen atoms in total. The zero-order chi connectivity index (χ0) is 14.6. The Hall–Kier alpha value is -0.530. The van der Waals surface area contributed by atoms with Gasteiger partial charge in [-0.15, -0.1) is 0 Å². The minimum atomic E-state index is -3.33. The van der Waals surface area contributed by atoms with Gasteiger partial charge in [0, 0.05) is 19.2 Å². The van der Waals surface area contributed by atoms with Gasteiger partial charge in [0.1, 0.15) is 17.6 Å². The maximum atomic E-state index is 11.9. The third-order valence-corrected chi connectivity index (χ3v) is 5.49. The van der Waals surface area contributed by atoms with Gasteiger partial charge in [0.25, 0.3) is 0 Å². The molecule has 1 heterocycles. The fourth-order valence-electron chi connectivity index (χ4n) is 1.79. The molecular formula is C12H15Cl2NO4S. The van der Waals surface area contributed by atoms with E-state index in [1.807, 2.05) is 0 Å². The summed E-state index contributed by atoms with van der Waals surface area (Å²) < 4.78 is 36.7. The van der Waals surface area contributed by atoms with Crippen LogP contribution in [-0.2, 0) is 14.8 Å². The summed E-state index contributed by atoms with van der Waals surface area (Å²) in [6.45, 7) is 1.15. The average Bonchev–Trinajstić information content (AvgIpc) is 2.93. The molecule has 0 aliphatic carbocycles. The lowest BCUT2D eigenvalue weighted by Gasteiger charge is -2.12. The van der Waals surface area contributed by atoms with Gasteiger partial charge in [-0.2, -0.15) is 0 Å². The van der Waals surface area contributed by atoms with Gasteiger partial charge in [-0.1, -0.05) is 23.2 Å².